The van der Waals surface area contributed by atoms with Gasteiger partial charge in [0.05, 0.1) is 5.41 Å². The zero-order valence-electron chi connectivity index (χ0n) is 8.79. The number of thiazole rings is 1. The molecule has 0 spiro atoms. The Kier molecular flexibility index (Phi) is 2.84. The van der Waals surface area contributed by atoms with Crippen molar-refractivity contribution < 1.29 is 9.59 Å². The smallest absolute Gasteiger partial charge is 0.268 e. The summed E-state index contributed by atoms with van der Waals surface area (Å²) in [6, 6.07) is 0. The van der Waals surface area contributed by atoms with Gasteiger partial charge in [0.25, 0.3) is 5.91 Å². The third kappa shape index (κ3) is 2.12. The summed E-state index contributed by atoms with van der Waals surface area (Å²) in [4.78, 5) is 26.6. The molecule has 1 atom stereocenters. The van der Waals surface area contributed by atoms with Crippen LogP contribution in [0.15, 0.2) is 5.38 Å². The molecule has 0 saturated heterocycles. The molecule has 5 nitrogen and oxygen atoms in total. The van der Waals surface area contributed by atoms with Crippen LogP contribution in [0.3, 0.4) is 0 Å². The van der Waals surface area contributed by atoms with Gasteiger partial charge in [0.2, 0.25) is 5.91 Å². The second kappa shape index (κ2) is 3.83. The van der Waals surface area contributed by atoms with Crippen molar-refractivity contribution in [3.8, 4) is 0 Å². The van der Waals surface area contributed by atoms with E-state index in [1.54, 1.807) is 6.92 Å². The second-order valence-electron chi connectivity index (χ2n) is 4.07. The van der Waals surface area contributed by atoms with E-state index in [0.29, 0.717) is 11.6 Å². The highest BCUT2D eigenvalue weighted by Crippen LogP contribution is 2.64. The number of hydrogen-bond donors (Lipinski definition) is 2. The van der Waals surface area contributed by atoms with Gasteiger partial charge < -0.3 is 11.1 Å². The fraction of sp³-hybridized carbons (Fsp3) is 0.444. The van der Waals surface area contributed by atoms with Crippen LogP contribution in [-0.2, 0) is 4.79 Å². The molecule has 1 aliphatic rings. The lowest BCUT2D eigenvalue weighted by molar-refractivity contribution is -0.120. The van der Waals surface area contributed by atoms with Crippen molar-refractivity contribution in [2.45, 2.75) is 17.7 Å². The number of nitrogens with two attached hydrogens (primary N) is 1. The first-order valence-electron chi connectivity index (χ1n) is 4.71. The molecule has 1 aromatic rings. The van der Waals surface area contributed by atoms with E-state index in [4.69, 9.17) is 28.9 Å². The van der Waals surface area contributed by atoms with E-state index in [1.165, 1.54) is 5.38 Å². The van der Waals surface area contributed by atoms with Gasteiger partial charge in [0.1, 0.15) is 10.0 Å². The summed E-state index contributed by atoms with van der Waals surface area (Å²) < 4.78 is -1.03. The normalized spacial score (nSPS) is 25.4. The number of primary amides is 1. The van der Waals surface area contributed by atoms with Crippen molar-refractivity contribution >= 4 is 51.5 Å². The Morgan fingerprint density at radius 2 is 2.18 bits per heavy atom. The van der Waals surface area contributed by atoms with Gasteiger partial charge in [-0.05, 0) is 13.3 Å². The van der Waals surface area contributed by atoms with Gasteiger partial charge >= 0.3 is 0 Å². The predicted octanol–water partition coefficient (Wildman–Crippen LogP) is 1.76. The highest BCUT2D eigenvalue weighted by molar-refractivity contribution is 7.14. The lowest BCUT2D eigenvalue weighted by atomic mass is 10.1. The van der Waals surface area contributed by atoms with Crippen molar-refractivity contribution in [3.05, 3.63) is 11.1 Å². The Balaban J connectivity index is 2.07. The molecule has 1 aromatic heterocycles. The van der Waals surface area contributed by atoms with Crippen LogP contribution in [0.25, 0.3) is 0 Å². The van der Waals surface area contributed by atoms with Crippen LogP contribution in [0.5, 0.6) is 0 Å². The summed E-state index contributed by atoms with van der Waals surface area (Å²) >= 11 is 12.9. The molecule has 1 aliphatic carbocycles. The molecule has 2 rings (SSSR count). The second-order valence-corrected chi connectivity index (χ2v) is 6.41. The van der Waals surface area contributed by atoms with E-state index in [-0.39, 0.29) is 11.6 Å². The molecule has 1 unspecified atom stereocenters. The minimum atomic E-state index is -1.03. The molecule has 2 amide bonds. The first kappa shape index (κ1) is 12.6. The molecule has 1 saturated carbocycles. The summed E-state index contributed by atoms with van der Waals surface area (Å²) in [5.74, 6) is -0.948. The van der Waals surface area contributed by atoms with Crippen LogP contribution in [-0.4, -0.2) is 21.1 Å². The van der Waals surface area contributed by atoms with E-state index >= 15 is 0 Å². The third-order valence-electron chi connectivity index (χ3n) is 2.74. The topological polar surface area (TPSA) is 85.1 Å². The molecular formula is C9H9Cl2N3O2S. The molecule has 8 heteroatoms. The number of hydrogen-bond acceptors (Lipinski definition) is 4. The Morgan fingerprint density at radius 1 is 1.59 bits per heavy atom. The molecule has 17 heavy (non-hydrogen) atoms. The number of carbonyl (C=O) groups is 2. The standard InChI is InChI=1S/C9H9Cl2N3O2S/c1-8(3-9(8,10)11)6(16)14-7-13-4(2-17-7)5(12)15/h2H,3H2,1H3,(H2,12,15)(H,13,14,16). The highest BCUT2D eigenvalue weighted by atomic mass is 35.5. The molecule has 1 fully saturated rings. The van der Waals surface area contributed by atoms with E-state index in [2.05, 4.69) is 10.3 Å². The zero-order valence-corrected chi connectivity index (χ0v) is 11.1. The minimum absolute atomic E-state index is 0.120. The largest absolute Gasteiger partial charge is 0.364 e. The van der Waals surface area contributed by atoms with Crippen molar-refractivity contribution in [2.24, 2.45) is 11.1 Å². The van der Waals surface area contributed by atoms with Crippen molar-refractivity contribution in [3.63, 3.8) is 0 Å². The quantitative estimate of drug-likeness (QED) is 0.833. The lowest BCUT2D eigenvalue weighted by Crippen LogP contribution is -2.26. The van der Waals surface area contributed by atoms with Crippen LogP contribution in [0.2, 0.25) is 0 Å². The highest BCUT2D eigenvalue weighted by Gasteiger charge is 2.68. The van der Waals surface area contributed by atoms with Crippen LogP contribution < -0.4 is 11.1 Å². The van der Waals surface area contributed by atoms with Gasteiger partial charge in [0.15, 0.2) is 5.13 Å². The van der Waals surface area contributed by atoms with Crippen molar-refractivity contribution in [1.82, 2.24) is 4.98 Å². The molecule has 92 valence electrons. The monoisotopic (exact) mass is 293 g/mol. The zero-order chi connectivity index (χ0) is 12.8. The van der Waals surface area contributed by atoms with Crippen LogP contribution >= 0.6 is 34.5 Å². The number of anilines is 1. The van der Waals surface area contributed by atoms with E-state index in [0.717, 1.165) is 11.3 Å². The summed E-state index contributed by atoms with van der Waals surface area (Å²) in [7, 11) is 0. The van der Waals surface area contributed by atoms with Gasteiger partial charge in [-0.2, -0.15) is 0 Å². The predicted molar refractivity (Wildman–Crippen MR) is 66.4 cm³/mol. The average molecular weight is 294 g/mol. The Hall–Kier alpha value is -0.850. The SMILES string of the molecule is CC1(C(=O)Nc2nc(C(N)=O)cs2)CC1(Cl)Cl. The minimum Gasteiger partial charge on any atom is -0.364 e. The van der Waals surface area contributed by atoms with Crippen molar-refractivity contribution in [2.75, 3.05) is 5.32 Å². The fourth-order valence-electron chi connectivity index (χ4n) is 1.33. The lowest BCUT2D eigenvalue weighted by Gasteiger charge is -2.10. The Morgan fingerprint density at radius 3 is 2.59 bits per heavy atom. The van der Waals surface area contributed by atoms with Crippen LogP contribution in [0.1, 0.15) is 23.8 Å². The summed E-state index contributed by atoms with van der Waals surface area (Å²) in [6.45, 7) is 1.67. The summed E-state index contributed by atoms with van der Waals surface area (Å²) in [5, 5.41) is 4.35. The first-order valence-corrected chi connectivity index (χ1v) is 6.34. The van der Waals surface area contributed by atoms with Gasteiger partial charge in [0, 0.05) is 5.38 Å². The van der Waals surface area contributed by atoms with Crippen LogP contribution in [0.4, 0.5) is 5.13 Å². The van der Waals surface area contributed by atoms with Gasteiger partial charge in [-0.1, -0.05) is 0 Å². The molecule has 0 radical (unpaired) electrons. The summed E-state index contributed by atoms with van der Waals surface area (Å²) in [5.41, 5.74) is 4.36. The Labute approximate surface area is 111 Å². The summed E-state index contributed by atoms with van der Waals surface area (Å²) in [6.07, 6.45) is 0.392. The molecular weight excluding hydrogens is 285 g/mol. The number of nitrogens with zero attached hydrogens (tertiary/aromatic N) is 1. The fourth-order valence-corrected chi connectivity index (χ4v) is 2.73. The number of nitrogens with one attached hydrogen (secondary N) is 1. The van der Waals surface area contributed by atoms with Gasteiger partial charge in [-0.3, -0.25) is 9.59 Å². The number of amides is 2. The molecule has 1 heterocycles. The molecule has 0 aliphatic heterocycles. The number of alkyl halides is 2. The first-order chi connectivity index (χ1) is 7.76. The van der Waals surface area contributed by atoms with Gasteiger partial charge in [-0.15, -0.1) is 34.5 Å². The average Bonchev–Trinajstić information content (AvgIpc) is 2.63. The number of halogens is 2. The third-order valence-corrected chi connectivity index (χ3v) is 4.60. The number of rotatable bonds is 3. The van der Waals surface area contributed by atoms with E-state index in [1.807, 2.05) is 0 Å². The maximum Gasteiger partial charge on any atom is 0.268 e. The molecule has 3 N–H and O–H groups in total. The Bertz CT molecular complexity index is 502. The molecule has 0 bridgehead atoms. The maximum atomic E-state index is 11.9. The maximum absolute atomic E-state index is 11.9. The van der Waals surface area contributed by atoms with E-state index < -0.39 is 15.7 Å². The molecule has 0 aromatic carbocycles. The van der Waals surface area contributed by atoms with Crippen LogP contribution in [0, 0.1) is 5.41 Å². The van der Waals surface area contributed by atoms with E-state index in [9.17, 15) is 9.59 Å². The van der Waals surface area contributed by atoms with Crippen molar-refractivity contribution in [1.29, 1.82) is 0 Å². The number of aromatic nitrogens is 1. The number of carbonyl (C=O) groups excluding carboxylic acids is 2. The van der Waals surface area contributed by atoms with Gasteiger partial charge in [-0.25, -0.2) is 4.98 Å².